The van der Waals surface area contributed by atoms with Gasteiger partial charge in [-0.3, -0.25) is 4.79 Å². The van der Waals surface area contributed by atoms with E-state index in [2.05, 4.69) is 17.2 Å². The topological polar surface area (TPSA) is 47.4 Å². The van der Waals surface area contributed by atoms with E-state index in [0.29, 0.717) is 25.3 Å². The molecule has 1 fully saturated rings. The van der Waals surface area contributed by atoms with E-state index in [0.717, 1.165) is 12.1 Å². The highest BCUT2D eigenvalue weighted by molar-refractivity contribution is 5.94. The minimum Gasteiger partial charge on any atom is -0.374 e. The number of carbonyl (C=O) groups is 1. The Morgan fingerprint density at radius 2 is 2.00 bits per heavy atom. The molecule has 1 unspecified atom stereocenters. The maximum absolute atomic E-state index is 13.0. The van der Waals surface area contributed by atoms with Gasteiger partial charge in [-0.15, -0.1) is 0 Å². The molecule has 0 bridgehead atoms. The van der Waals surface area contributed by atoms with Crippen LogP contribution in [0.1, 0.15) is 15.9 Å². The van der Waals surface area contributed by atoms with Gasteiger partial charge in [-0.25, -0.2) is 4.68 Å². The molecule has 1 aliphatic heterocycles. The summed E-state index contributed by atoms with van der Waals surface area (Å²) >= 11 is 0. The SMILES string of the molecule is O=C(c1cccc(-n2cccn2)c1)N1CCOC(Cc2ccccc2)C1. The highest BCUT2D eigenvalue weighted by Gasteiger charge is 2.25. The van der Waals surface area contributed by atoms with Crippen LogP contribution in [-0.4, -0.2) is 46.4 Å². The summed E-state index contributed by atoms with van der Waals surface area (Å²) in [6.07, 6.45) is 4.45. The van der Waals surface area contributed by atoms with Gasteiger partial charge in [0.2, 0.25) is 0 Å². The lowest BCUT2D eigenvalue weighted by Crippen LogP contribution is -2.46. The van der Waals surface area contributed by atoms with Crippen LogP contribution in [0.25, 0.3) is 5.69 Å². The number of hydrogen-bond acceptors (Lipinski definition) is 3. The summed E-state index contributed by atoms with van der Waals surface area (Å²) in [5.41, 5.74) is 2.79. The molecule has 1 amide bonds. The number of rotatable bonds is 4. The minimum atomic E-state index is 0.0319. The molecule has 5 nitrogen and oxygen atoms in total. The normalized spacial score (nSPS) is 17.2. The van der Waals surface area contributed by atoms with Crippen LogP contribution in [0, 0.1) is 0 Å². The zero-order valence-corrected chi connectivity index (χ0v) is 14.5. The van der Waals surface area contributed by atoms with Crippen molar-refractivity contribution in [1.82, 2.24) is 14.7 Å². The zero-order chi connectivity index (χ0) is 17.8. The van der Waals surface area contributed by atoms with Crippen molar-refractivity contribution < 1.29 is 9.53 Å². The van der Waals surface area contributed by atoms with Crippen LogP contribution >= 0.6 is 0 Å². The predicted octanol–water partition coefficient (Wildman–Crippen LogP) is 2.96. The van der Waals surface area contributed by atoms with Gasteiger partial charge in [0.15, 0.2) is 0 Å². The Morgan fingerprint density at radius 1 is 1.12 bits per heavy atom. The molecule has 26 heavy (non-hydrogen) atoms. The largest absolute Gasteiger partial charge is 0.374 e. The Morgan fingerprint density at radius 3 is 2.81 bits per heavy atom. The summed E-state index contributed by atoms with van der Waals surface area (Å²) in [7, 11) is 0. The van der Waals surface area contributed by atoms with Crippen LogP contribution in [-0.2, 0) is 11.2 Å². The van der Waals surface area contributed by atoms with Gasteiger partial charge >= 0.3 is 0 Å². The molecule has 5 heteroatoms. The smallest absolute Gasteiger partial charge is 0.254 e. The number of nitrogens with zero attached hydrogens (tertiary/aromatic N) is 3. The lowest BCUT2D eigenvalue weighted by atomic mass is 10.1. The second-order valence-corrected chi connectivity index (χ2v) is 6.43. The van der Waals surface area contributed by atoms with Gasteiger partial charge in [0.25, 0.3) is 5.91 Å². The van der Waals surface area contributed by atoms with Gasteiger partial charge in [0.05, 0.1) is 18.4 Å². The molecule has 4 rings (SSSR count). The van der Waals surface area contributed by atoms with Crippen LogP contribution < -0.4 is 0 Å². The van der Waals surface area contributed by atoms with Crippen molar-refractivity contribution in [1.29, 1.82) is 0 Å². The van der Waals surface area contributed by atoms with E-state index >= 15 is 0 Å². The monoisotopic (exact) mass is 347 g/mol. The molecule has 0 aliphatic carbocycles. The standard InChI is InChI=1S/C21H21N3O2/c25-21(18-8-4-9-19(15-18)24-11-5-10-22-24)23-12-13-26-20(16-23)14-17-6-2-1-3-7-17/h1-11,15,20H,12-14,16H2. The van der Waals surface area contributed by atoms with Gasteiger partial charge in [0, 0.05) is 37.5 Å². The van der Waals surface area contributed by atoms with E-state index in [-0.39, 0.29) is 12.0 Å². The first-order chi connectivity index (χ1) is 12.8. The number of aromatic nitrogens is 2. The van der Waals surface area contributed by atoms with Gasteiger partial charge in [0.1, 0.15) is 0 Å². The molecular formula is C21H21N3O2. The van der Waals surface area contributed by atoms with Crippen molar-refractivity contribution in [3.05, 3.63) is 84.2 Å². The van der Waals surface area contributed by atoms with Gasteiger partial charge in [-0.1, -0.05) is 36.4 Å². The number of ether oxygens (including phenoxy) is 1. The van der Waals surface area contributed by atoms with E-state index < -0.39 is 0 Å². The summed E-state index contributed by atoms with van der Waals surface area (Å²) in [6, 6.07) is 19.7. The van der Waals surface area contributed by atoms with Gasteiger partial charge < -0.3 is 9.64 Å². The molecule has 1 aliphatic rings. The van der Waals surface area contributed by atoms with Crippen LogP contribution in [0.15, 0.2) is 73.1 Å². The zero-order valence-electron chi connectivity index (χ0n) is 14.5. The van der Waals surface area contributed by atoms with Crippen molar-refractivity contribution in [3.63, 3.8) is 0 Å². The molecule has 1 atom stereocenters. The number of morpholine rings is 1. The summed E-state index contributed by atoms with van der Waals surface area (Å²) in [6.45, 7) is 1.80. The van der Waals surface area contributed by atoms with E-state index in [1.54, 1.807) is 10.9 Å². The fraction of sp³-hybridized carbons (Fsp3) is 0.238. The second-order valence-electron chi connectivity index (χ2n) is 6.43. The fourth-order valence-corrected chi connectivity index (χ4v) is 3.29. The molecule has 1 aromatic heterocycles. The number of amides is 1. The molecule has 2 heterocycles. The Balaban J connectivity index is 1.47. The minimum absolute atomic E-state index is 0.0319. The molecule has 1 saturated heterocycles. The summed E-state index contributed by atoms with van der Waals surface area (Å²) in [5, 5.41) is 4.23. The molecule has 2 aromatic carbocycles. The van der Waals surface area contributed by atoms with Crippen molar-refractivity contribution in [2.24, 2.45) is 0 Å². The highest BCUT2D eigenvalue weighted by atomic mass is 16.5. The lowest BCUT2D eigenvalue weighted by Gasteiger charge is -2.33. The third-order valence-corrected chi connectivity index (χ3v) is 4.59. The maximum atomic E-state index is 13.0. The third-order valence-electron chi connectivity index (χ3n) is 4.59. The summed E-state index contributed by atoms with van der Waals surface area (Å²) in [4.78, 5) is 14.8. The Labute approximate surface area is 152 Å². The van der Waals surface area contributed by atoms with Crippen molar-refractivity contribution in [2.75, 3.05) is 19.7 Å². The highest BCUT2D eigenvalue weighted by Crippen LogP contribution is 2.16. The second kappa shape index (κ2) is 7.54. The Hall–Kier alpha value is -2.92. The molecule has 0 radical (unpaired) electrons. The molecule has 0 N–H and O–H groups in total. The average molecular weight is 347 g/mol. The van der Waals surface area contributed by atoms with Crippen LogP contribution in [0.2, 0.25) is 0 Å². The first-order valence-electron chi connectivity index (χ1n) is 8.84. The van der Waals surface area contributed by atoms with Crippen LogP contribution in [0.4, 0.5) is 0 Å². The summed E-state index contributed by atoms with van der Waals surface area (Å²) < 4.78 is 7.63. The molecule has 0 saturated carbocycles. The third kappa shape index (κ3) is 3.68. The van der Waals surface area contributed by atoms with Crippen molar-refractivity contribution in [2.45, 2.75) is 12.5 Å². The first kappa shape index (κ1) is 16.5. The van der Waals surface area contributed by atoms with Crippen molar-refractivity contribution in [3.8, 4) is 5.69 Å². The lowest BCUT2D eigenvalue weighted by molar-refractivity contribution is -0.0208. The van der Waals surface area contributed by atoms with E-state index in [9.17, 15) is 4.79 Å². The van der Waals surface area contributed by atoms with Crippen molar-refractivity contribution >= 4 is 5.91 Å². The summed E-state index contributed by atoms with van der Waals surface area (Å²) in [5.74, 6) is 0.0420. The van der Waals surface area contributed by atoms with Crippen LogP contribution in [0.3, 0.4) is 0 Å². The Bertz CT molecular complexity index is 862. The quantitative estimate of drug-likeness (QED) is 0.729. The molecule has 0 spiro atoms. The molecule has 3 aromatic rings. The molecular weight excluding hydrogens is 326 g/mol. The number of hydrogen-bond donors (Lipinski definition) is 0. The Kier molecular flexibility index (Phi) is 4.80. The number of carbonyl (C=O) groups excluding carboxylic acids is 1. The van der Waals surface area contributed by atoms with Gasteiger partial charge in [-0.2, -0.15) is 5.10 Å². The van der Waals surface area contributed by atoms with E-state index in [1.165, 1.54) is 5.56 Å². The van der Waals surface area contributed by atoms with Crippen LogP contribution in [0.5, 0.6) is 0 Å². The van der Waals surface area contributed by atoms with E-state index in [1.807, 2.05) is 59.6 Å². The van der Waals surface area contributed by atoms with E-state index in [4.69, 9.17) is 4.74 Å². The fourth-order valence-electron chi connectivity index (χ4n) is 3.29. The first-order valence-corrected chi connectivity index (χ1v) is 8.84. The number of benzene rings is 2. The maximum Gasteiger partial charge on any atom is 0.254 e. The average Bonchev–Trinajstić information content (AvgIpc) is 3.23. The molecule has 132 valence electrons. The van der Waals surface area contributed by atoms with Gasteiger partial charge in [-0.05, 0) is 29.8 Å². The predicted molar refractivity (Wildman–Crippen MR) is 99.4 cm³/mol.